The average Bonchev–Trinajstić information content (AvgIpc) is 2.97. The fourth-order valence-electron chi connectivity index (χ4n) is 3.06. The van der Waals surface area contributed by atoms with Crippen LogP contribution < -0.4 is 0 Å². The number of nitrogens with zero attached hydrogens (tertiary/aromatic N) is 1. The third-order valence-corrected chi connectivity index (χ3v) is 4.53. The van der Waals surface area contributed by atoms with Crippen LogP contribution in [0.5, 0.6) is 0 Å². The first-order chi connectivity index (χ1) is 11.4. The summed E-state index contributed by atoms with van der Waals surface area (Å²) in [6, 6.07) is 8.13. The van der Waals surface area contributed by atoms with Gasteiger partial charge in [0.2, 0.25) is 5.78 Å². The summed E-state index contributed by atoms with van der Waals surface area (Å²) in [4.78, 5) is 14.8. The van der Waals surface area contributed by atoms with E-state index in [2.05, 4.69) is 17.0 Å². The number of Topliss-reactive ketones (excluding diaryl/α,β-unsaturated/α-hetero) is 1. The smallest absolute Gasteiger partial charge is 0.203 e. The van der Waals surface area contributed by atoms with Gasteiger partial charge in [0.15, 0.2) is 5.76 Å². The Morgan fingerprint density at radius 1 is 1.17 bits per heavy atom. The number of hydrogen-bond acceptors (Lipinski definition) is 4. The molecule has 2 aromatic rings. The van der Waals surface area contributed by atoms with E-state index in [9.17, 15) is 4.79 Å². The number of ether oxygens (including phenoxy) is 1. The Labute approximate surface area is 143 Å². The van der Waals surface area contributed by atoms with Crippen LogP contribution in [0.2, 0.25) is 0 Å². The molecule has 0 aliphatic carbocycles. The van der Waals surface area contributed by atoms with E-state index in [0.717, 1.165) is 56.7 Å². The number of aryl methyl sites for hydroxylation is 1. The molecule has 130 valence electrons. The van der Waals surface area contributed by atoms with Gasteiger partial charge < -0.3 is 9.15 Å². The van der Waals surface area contributed by atoms with E-state index < -0.39 is 5.41 Å². The number of fused-ring (bicyclic) bond motifs is 1. The molecule has 0 unspecified atom stereocenters. The summed E-state index contributed by atoms with van der Waals surface area (Å²) in [5, 5.41) is 1.02. The van der Waals surface area contributed by atoms with Gasteiger partial charge in [0, 0.05) is 23.9 Å². The average molecular weight is 329 g/mol. The van der Waals surface area contributed by atoms with Crippen LogP contribution in [0.1, 0.15) is 43.3 Å². The quantitative estimate of drug-likeness (QED) is 0.780. The maximum absolute atomic E-state index is 12.4. The highest BCUT2D eigenvalue weighted by molar-refractivity contribution is 6.00. The summed E-state index contributed by atoms with van der Waals surface area (Å²) in [7, 11) is 0. The second kappa shape index (κ2) is 7.08. The number of carbonyl (C=O) groups is 1. The fourth-order valence-corrected chi connectivity index (χ4v) is 3.06. The summed E-state index contributed by atoms with van der Waals surface area (Å²) in [6.45, 7) is 10.6. The summed E-state index contributed by atoms with van der Waals surface area (Å²) < 4.78 is 11.1. The topological polar surface area (TPSA) is 42.7 Å². The Morgan fingerprint density at radius 3 is 2.62 bits per heavy atom. The zero-order valence-corrected chi connectivity index (χ0v) is 14.9. The van der Waals surface area contributed by atoms with Crippen molar-refractivity contribution in [2.75, 3.05) is 32.8 Å². The van der Waals surface area contributed by atoms with Crippen LogP contribution in [-0.2, 0) is 11.2 Å². The van der Waals surface area contributed by atoms with Gasteiger partial charge in [0.25, 0.3) is 0 Å². The van der Waals surface area contributed by atoms with Gasteiger partial charge in [-0.05, 0) is 43.1 Å². The highest BCUT2D eigenvalue weighted by Crippen LogP contribution is 2.27. The van der Waals surface area contributed by atoms with E-state index >= 15 is 0 Å². The van der Waals surface area contributed by atoms with Gasteiger partial charge in [-0.25, -0.2) is 0 Å². The number of benzene rings is 1. The molecular formula is C20H27NO3. The number of rotatable bonds is 5. The van der Waals surface area contributed by atoms with Crippen LogP contribution in [0.4, 0.5) is 0 Å². The maximum Gasteiger partial charge on any atom is 0.203 e. The second-order valence-electron chi connectivity index (χ2n) is 7.62. The van der Waals surface area contributed by atoms with Gasteiger partial charge in [-0.15, -0.1) is 0 Å². The van der Waals surface area contributed by atoms with Gasteiger partial charge >= 0.3 is 0 Å². The maximum atomic E-state index is 12.4. The van der Waals surface area contributed by atoms with E-state index in [1.807, 2.05) is 32.9 Å². The van der Waals surface area contributed by atoms with E-state index in [1.165, 1.54) is 5.56 Å². The number of morpholine rings is 1. The Morgan fingerprint density at radius 2 is 1.92 bits per heavy atom. The monoisotopic (exact) mass is 329 g/mol. The first-order valence-electron chi connectivity index (χ1n) is 8.81. The number of ketones is 1. The Hall–Kier alpha value is -1.65. The first kappa shape index (κ1) is 17.2. The minimum absolute atomic E-state index is 0.0487. The fraction of sp³-hybridized carbons (Fsp3) is 0.550. The predicted octanol–water partition coefficient (Wildman–Crippen LogP) is 3.93. The van der Waals surface area contributed by atoms with Crippen LogP contribution in [-0.4, -0.2) is 43.5 Å². The number of carbonyl (C=O) groups excluding carboxylic acids is 1. The van der Waals surface area contributed by atoms with Crippen molar-refractivity contribution < 1.29 is 13.9 Å². The van der Waals surface area contributed by atoms with Crippen molar-refractivity contribution in [3.8, 4) is 0 Å². The summed E-state index contributed by atoms with van der Waals surface area (Å²) in [5.41, 5.74) is 1.67. The molecule has 0 radical (unpaired) electrons. The zero-order chi connectivity index (χ0) is 17.2. The molecule has 0 atom stereocenters. The lowest BCUT2D eigenvalue weighted by molar-refractivity contribution is 0.0375. The number of hydrogen-bond donors (Lipinski definition) is 0. The lowest BCUT2D eigenvalue weighted by Gasteiger charge is -2.26. The molecule has 4 heteroatoms. The minimum Gasteiger partial charge on any atom is -0.453 e. The van der Waals surface area contributed by atoms with Gasteiger partial charge in [-0.1, -0.05) is 26.8 Å². The molecule has 1 aliphatic heterocycles. The molecule has 1 aromatic heterocycles. The van der Waals surface area contributed by atoms with Gasteiger partial charge in [-0.2, -0.15) is 0 Å². The molecule has 1 fully saturated rings. The molecule has 24 heavy (non-hydrogen) atoms. The van der Waals surface area contributed by atoms with Crippen LogP contribution in [0.15, 0.2) is 28.7 Å². The van der Waals surface area contributed by atoms with Crippen molar-refractivity contribution in [3.05, 3.63) is 35.6 Å². The van der Waals surface area contributed by atoms with Gasteiger partial charge in [-0.3, -0.25) is 9.69 Å². The molecule has 0 N–H and O–H groups in total. The van der Waals surface area contributed by atoms with E-state index in [1.54, 1.807) is 0 Å². The summed E-state index contributed by atoms with van der Waals surface area (Å²) in [5.74, 6) is 0.510. The van der Waals surface area contributed by atoms with Crippen molar-refractivity contribution in [1.29, 1.82) is 0 Å². The molecule has 0 bridgehead atoms. The second-order valence-corrected chi connectivity index (χ2v) is 7.62. The molecule has 2 heterocycles. The van der Waals surface area contributed by atoms with Crippen LogP contribution in [0.25, 0.3) is 11.0 Å². The molecule has 3 rings (SSSR count). The molecular weight excluding hydrogens is 302 g/mol. The van der Waals surface area contributed by atoms with Crippen molar-refractivity contribution in [2.24, 2.45) is 5.41 Å². The highest BCUT2D eigenvalue weighted by Gasteiger charge is 2.26. The van der Waals surface area contributed by atoms with E-state index in [0.29, 0.717) is 5.76 Å². The minimum atomic E-state index is -0.422. The molecule has 4 nitrogen and oxygen atoms in total. The molecule has 1 aromatic carbocycles. The Bertz CT molecular complexity index is 705. The molecule has 1 saturated heterocycles. The zero-order valence-electron chi connectivity index (χ0n) is 14.9. The van der Waals surface area contributed by atoms with Gasteiger partial charge in [0.05, 0.1) is 13.2 Å². The first-order valence-corrected chi connectivity index (χ1v) is 8.81. The highest BCUT2D eigenvalue weighted by atomic mass is 16.5. The number of furan rings is 1. The van der Waals surface area contributed by atoms with Crippen molar-refractivity contribution in [3.63, 3.8) is 0 Å². The standard InChI is InChI=1S/C20H27NO3/c1-20(2,3)19(22)18-14-16-13-15(6-7-17(16)24-18)5-4-8-21-9-11-23-12-10-21/h6-7,13-14H,4-5,8-12H2,1-3H3. The molecule has 0 amide bonds. The van der Waals surface area contributed by atoms with Crippen LogP contribution in [0, 0.1) is 5.41 Å². The normalized spacial score (nSPS) is 16.6. The third-order valence-electron chi connectivity index (χ3n) is 4.53. The van der Waals surface area contributed by atoms with Crippen LogP contribution in [0.3, 0.4) is 0 Å². The summed E-state index contributed by atoms with van der Waals surface area (Å²) >= 11 is 0. The molecule has 0 saturated carbocycles. The predicted molar refractivity (Wildman–Crippen MR) is 95.6 cm³/mol. The SMILES string of the molecule is CC(C)(C)C(=O)c1cc2cc(CCCN3CCOCC3)ccc2o1. The third kappa shape index (κ3) is 4.05. The molecule has 1 aliphatic rings. The van der Waals surface area contributed by atoms with E-state index in [-0.39, 0.29) is 5.78 Å². The lowest BCUT2D eigenvalue weighted by Crippen LogP contribution is -2.36. The van der Waals surface area contributed by atoms with Crippen molar-refractivity contribution >= 4 is 16.8 Å². The largest absolute Gasteiger partial charge is 0.453 e. The lowest BCUT2D eigenvalue weighted by atomic mass is 9.89. The van der Waals surface area contributed by atoms with Gasteiger partial charge in [0.1, 0.15) is 5.58 Å². The van der Waals surface area contributed by atoms with Crippen molar-refractivity contribution in [1.82, 2.24) is 4.90 Å². The molecule has 0 spiro atoms. The van der Waals surface area contributed by atoms with Crippen LogP contribution >= 0.6 is 0 Å². The van der Waals surface area contributed by atoms with E-state index in [4.69, 9.17) is 9.15 Å². The Kier molecular flexibility index (Phi) is 5.07. The summed E-state index contributed by atoms with van der Waals surface area (Å²) in [6.07, 6.45) is 2.18. The van der Waals surface area contributed by atoms with Crippen molar-refractivity contribution in [2.45, 2.75) is 33.6 Å². The Balaban J connectivity index is 1.64.